The van der Waals surface area contributed by atoms with Gasteiger partial charge >= 0.3 is 0 Å². The van der Waals surface area contributed by atoms with Crippen LogP contribution in [0.2, 0.25) is 0 Å². The van der Waals surface area contributed by atoms with Crippen molar-refractivity contribution < 1.29 is 9.84 Å². The molecule has 5 rings (SSSR count). The Morgan fingerprint density at radius 1 is 1.48 bits per heavy atom. The third kappa shape index (κ3) is 1.53. The van der Waals surface area contributed by atoms with Crippen LogP contribution in [0.3, 0.4) is 0 Å². The fourth-order valence-electron chi connectivity index (χ4n) is 4.60. The Balaban J connectivity index is 1.54. The maximum Gasteiger partial charge on any atom is 0.150 e. The van der Waals surface area contributed by atoms with Crippen LogP contribution in [0.25, 0.3) is 10.2 Å². The monoisotopic (exact) mass is 303 g/mol. The Morgan fingerprint density at radius 3 is 3.33 bits per heavy atom. The van der Waals surface area contributed by atoms with Gasteiger partial charge in [-0.2, -0.15) is 0 Å². The average molecular weight is 303 g/mol. The van der Waals surface area contributed by atoms with Gasteiger partial charge in [0.05, 0.1) is 21.9 Å². The summed E-state index contributed by atoms with van der Waals surface area (Å²) >= 11 is 1.70. The van der Waals surface area contributed by atoms with Crippen molar-refractivity contribution in [2.75, 3.05) is 24.6 Å². The Kier molecular flexibility index (Phi) is 2.43. The highest BCUT2D eigenvalue weighted by atomic mass is 32.1. The van der Waals surface area contributed by atoms with E-state index in [0.717, 1.165) is 42.0 Å². The number of ether oxygens (including phenoxy) is 1. The minimum atomic E-state index is -0.0490. The quantitative estimate of drug-likeness (QED) is 0.914. The Bertz CT molecular complexity index is 705. The van der Waals surface area contributed by atoms with Crippen molar-refractivity contribution in [2.24, 2.45) is 11.8 Å². The molecule has 2 aromatic heterocycles. The van der Waals surface area contributed by atoms with Gasteiger partial charge in [0.15, 0.2) is 0 Å². The summed E-state index contributed by atoms with van der Waals surface area (Å²) in [5, 5.41) is 11.8. The number of nitrogens with zero attached hydrogens (tertiary/aromatic N) is 3. The van der Waals surface area contributed by atoms with Crippen molar-refractivity contribution in [3.63, 3.8) is 0 Å². The number of rotatable bonds is 2. The molecule has 3 aliphatic heterocycles. The molecule has 3 aliphatic rings. The van der Waals surface area contributed by atoms with E-state index in [2.05, 4.69) is 20.2 Å². The summed E-state index contributed by atoms with van der Waals surface area (Å²) in [6.45, 7) is 2.07. The maximum atomic E-state index is 9.71. The lowest BCUT2D eigenvalue weighted by Crippen LogP contribution is -2.37. The molecule has 3 saturated heterocycles. The number of thiophene rings is 1. The van der Waals surface area contributed by atoms with Crippen LogP contribution in [0, 0.1) is 11.8 Å². The summed E-state index contributed by atoms with van der Waals surface area (Å²) in [6, 6.07) is 2.04. The number of aliphatic hydroxyl groups excluding tert-OH is 1. The van der Waals surface area contributed by atoms with Crippen LogP contribution in [-0.4, -0.2) is 46.5 Å². The van der Waals surface area contributed by atoms with Crippen molar-refractivity contribution in [2.45, 2.75) is 24.5 Å². The first kappa shape index (κ1) is 12.3. The molecule has 0 amide bonds. The van der Waals surface area contributed by atoms with Gasteiger partial charge in [0.25, 0.3) is 0 Å². The fourth-order valence-corrected chi connectivity index (χ4v) is 5.46. The summed E-state index contributed by atoms with van der Waals surface area (Å²) < 4.78 is 7.45. The number of fused-ring (bicyclic) bond motifs is 2. The fraction of sp³-hybridized carbons (Fsp3) is 0.600. The van der Waals surface area contributed by atoms with Crippen molar-refractivity contribution in [1.29, 1.82) is 0 Å². The molecule has 6 heteroatoms. The van der Waals surface area contributed by atoms with Gasteiger partial charge in [0.2, 0.25) is 0 Å². The van der Waals surface area contributed by atoms with E-state index in [-0.39, 0.29) is 18.3 Å². The summed E-state index contributed by atoms with van der Waals surface area (Å²) in [6.07, 6.45) is 4.13. The highest BCUT2D eigenvalue weighted by molar-refractivity contribution is 7.17. The predicted molar refractivity (Wildman–Crippen MR) is 80.5 cm³/mol. The Labute approximate surface area is 126 Å². The maximum absolute atomic E-state index is 9.71. The molecule has 5 heterocycles. The van der Waals surface area contributed by atoms with E-state index >= 15 is 0 Å². The average Bonchev–Trinajstić information content (AvgIpc) is 3.24. The Morgan fingerprint density at radius 2 is 2.43 bits per heavy atom. The molecular weight excluding hydrogens is 286 g/mol. The Hall–Kier alpha value is -1.24. The minimum Gasteiger partial charge on any atom is -0.396 e. The first-order valence-corrected chi connectivity index (χ1v) is 8.40. The normalized spacial score (nSPS) is 37.6. The minimum absolute atomic E-state index is 0.0490. The van der Waals surface area contributed by atoms with E-state index in [1.807, 2.05) is 6.07 Å². The third-order valence-electron chi connectivity index (χ3n) is 5.52. The molecule has 5 nitrogen and oxygen atoms in total. The van der Waals surface area contributed by atoms with Crippen LogP contribution in [0.4, 0.5) is 5.82 Å². The standard InChI is InChI=1S/C15H17N3O2S/c19-6-9-10-5-18(7-15(10)3-1-12(9)20-15)14-13-11(2-4-21-13)16-8-17-14/h2,4,8-10,12,19H,1,3,5-7H2/t9-,10+,12+,15+/m0/s1. The number of anilines is 1. The first-order valence-electron chi connectivity index (χ1n) is 7.52. The zero-order chi connectivity index (χ0) is 14.0. The highest BCUT2D eigenvalue weighted by Gasteiger charge is 2.63. The van der Waals surface area contributed by atoms with Crippen LogP contribution in [0.15, 0.2) is 17.8 Å². The van der Waals surface area contributed by atoms with Crippen LogP contribution in [0.1, 0.15) is 12.8 Å². The van der Waals surface area contributed by atoms with Gasteiger partial charge in [-0.25, -0.2) is 9.97 Å². The topological polar surface area (TPSA) is 58.5 Å². The SMILES string of the molecule is OC[C@H]1[C@H]2CN(c3ncnc4ccsc34)C[C@]23CC[C@H]1O3. The number of hydrogen-bond acceptors (Lipinski definition) is 6. The van der Waals surface area contributed by atoms with Crippen molar-refractivity contribution >= 4 is 27.4 Å². The summed E-state index contributed by atoms with van der Waals surface area (Å²) in [5.74, 6) is 1.76. The lowest BCUT2D eigenvalue weighted by Gasteiger charge is -2.27. The second-order valence-electron chi connectivity index (χ2n) is 6.43. The molecule has 1 N–H and O–H groups in total. The van der Waals surface area contributed by atoms with Gasteiger partial charge in [-0.1, -0.05) is 0 Å². The van der Waals surface area contributed by atoms with Crippen LogP contribution in [-0.2, 0) is 4.74 Å². The van der Waals surface area contributed by atoms with Crippen molar-refractivity contribution in [1.82, 2.24) is 9.97 Å². The zero-order valence-electron chi connectivity index (χ0n) is 11.6. The molecule has 0 saturated carbocycles. The molecule has 0 unspecified atom stereocenters. The number of aliphatic hydroxyl groups is 1. The van der Waals surface area contributed by atoms with Crippen LogP contribution < -0.4 is 4.90 Å². The summed E-state index contributed by atoms with van der Waals surface area (Å²) in [4.78, 5) is 11.2. The largest absolute Gasteiger partial charge is 0.396 e. The van der Waals surface area contributed by atoms with E-state index in [4.69, 9.17) is 4.74 Å². The molecule has 2 aromatic rings. The molecule has 0 radical (unpaired) electrons. The summed E-state index contributed by atoms with van der Waals surface area (Å²) in [7, 11) is 0. The van der Waals surface area contributed by atoms with Crippen LogP contribution >= 0.6 is 11.3 Å². The van der Waals surface area contributed by atoms with E-state index in [1.54, 1.807) is 17.7 Å². The lowest BCUT2D eigenvalue weighted by molar-refractivity contribution is 0.0129. The van der Waals surface area contributed by atoms with Gasteiger partial charge in [-0.3, -0.25) is 0 Å². The van der Waals surface area contributed by atoms with E-state index in [9.17, 15) is 5.11 Å². The third-order valence-corrected chi connectivity index (χ3v) is 6.42. The second-order valence-corrected chi connectivity index (χ2v) is 7.34. The molecular formula is C15H17N3O2S. The van der Waals surface area contributed by atoms with E-state index in [0.29, 0.717) is 11.8 Å². The zero-order valence-corrected chi connectivity index (χ0v) is 12.4. The van der Waals surface area contributed by atoms with Gasteiger partial charge in [-0.15, -0.1) is 11.3 Å². The number of aromatic nitrogens is 2. The summed E-state index contributed by atoms with van der Waals surface area (Å²) in [5.41, 5.74) is 0.968. The molecule has 3 fully saturated rings. The molecule has 0 aromatic carbocycles. The molecule has 21 heavy (non-hydrogen) atoms. The highest BCUT2D eigenvalue weighted by Crippen LogP contribution is 2.55. The molecule has 1 spiro atoms. The molecule has 4 atom stereocenters. The van der Waals surface area contributed by atoms with Gasteiger partial charge in [0.1, 0.15) is 12.1 Å². The molecule has 110 valence electrons. The van der Waals surface area contributed by atoms with Gasteiger partial charge in [0, 0.05) is 31.5 Å². The van der Waals surface area contributed by atoms with Crippen molar-refractivity contribution in [3.05, 3.63) is 17.8 Å². The van der Waals surface area contributed by atoms with Gasteiger partial charge in [-0.05, 0) is 24.3 Å². The van der Waals surface area contributed by atoms with Crippen LogP contribution in [0.5, 0.6) is 0 Å². The van der Waals surface area contributed by atoms with Crippen molar-refractivity contribution in [3.8, 4) is 0 Å². The number of hydrogen-bond donors (Lipinski definition) is 1. The molecule has 2 bridgehead atoms. The molecule has 0 aliphatic carbocycles. The second kappa shape index (κ2) is 4.15. The lowest BCUT2D eigenvalue weighted by atomic mass is 9.74. The van der Waals surface area contributed by atoms with Gasteiger partial charge < -0.3 is 14.7 Å². The smallest absolute Gasteiger partial charge is 0.150 e. The predicted octanol–water partition coefficient (Wildman–Crippen LogP) is 1.67. The first-order chi connectivity index (χ1) is 10.3. The van der Waals surface area contributed by atoms with E-state index in [1.165, 1.54) is 0 Å². The van der Waals surface area contributed by atoms with E-state index < -0.39 is 0 Å².